The van der Waals surface area contributed by atoms with Gasteiger partial charge in [-0.05, 0) is 56.7 Å². The third-order valence-corrected chi connectivity index (χ3v) is 5.59. The fraction of sp³-hybridized carbons (Fsp3) is 0.579. The average molecular weight is 326 g/mol. The number of carbonyl (C=O) groups is 1. The number of amides is 1. The Balaban J connectivity index is 1.29. The molecule has 4 rings (SSSR count). The Hall–Kier alpha value is -1.88. The number of hydrogen-bond donors (Lipinski definition) is 3. The van der Waals surface area contributed by atoms with Crippen molar-refractivity contribution >= 4 is 16.8 Å². The van der Waals surface area contributed by atoms with E-state index < -0.39 is 0 Å². The van der Waals surface area contributed by atoms with E-state index in [1.165, 1.54) is 38.5 Å². The third kappa shape index (κ3) is 3.46. The molecule has 0 spiro atoms. The normalized spacial score (nSPS) is 25.2. The van der Waals surface area contributed by atoms with Crippen molar-refractivity contribution in [2.24, 2.45) is 0 Å². The molecule has 2 aliphatic carbocycles. The number of nitrogens with zero attached hydrogens (tertiary/aromatic N) is 1. The molecule has 24 heavy (non-hydrogen) atoms. The molecule has 5 heteroatoms. The van der Waals surface area contributed by atoms with E-state index in [9.17, 15) is 4.79 Å². The summed E-state index contributed by atoms with van der Waals surface area (Å²) in [4.78, 5) is 12.5. The molecule has 2 saturated carbocycles. The second-order valence-corrected chi connectivity index (χ2v) is 7.34. The Labute approximate surface area is 142 Å². The van der Waals surface area contributed by atoms with Crippen LogP contribution in [0, 0.1) is 0 Å². The number of fused-ring (bicyclic) bond motifs is 1. The summed E-state index contributed by atoms with van der Waals surface area (Å²) in [6.07, 6.45) is 11.7. The van der Waals surface area contributed by atoms with Crippen LogP contribution in [0.2, 0.25) is 0 Å². The molecule has 5 nitrogen and oxygen atoms in total. The first kappa shape index (κ1) is 15.6. The second-order valence-electron chi connectivity index (χ2n) is 7.34. The van der Waals surface area contributed by atoms with Crippen molar-refractivity contribution in [1.82, 2.24) is 20.8 Å². The number of aromatic amines is 1. The van der Waals surface area contributed by atoms with E-state index in [0.29, 0.717) is 12.1 Å². The van der Waals surface area contributed by atoms with Crippen LogP contribution >= 0.6 is 0 Å². The molecule has 0 radical (unpaired) electrons. The summed E-state index contributed by atoms with van der Waals surface area (Å²) in [6.45, 7) is 0. The molecule has 2 aliphatic rings. The van der Waals surface area contributed by atoms with Gasteiger partial charge in [0.05, 0.1) is 11.7 Å². The monoisotopic (exact) mass is 326 g/mol. The van der Waals surface area contributed by atoms with E-state index in [1.807, 2.05) is 18.2 Å². The molecular weight excluding hydrogens is 300 g/mol. The Bertz CT molecular complexity index is 696. The highest BCUT2D eigenvalue weighted by Gasteiger charge is 2.25. The quantitative estimate of drug-likeness (QED) is 0.808. The van der Waals surface area contributed by atoms with Crippen LogP contribution in [0.15, 0.2) is 24.4 Å². The van der Waals surface area contributed by atoms with Crippen LogP contribution < -0.4 is 10.6 Å². The van der Waals surface area contributed by atoms with Crippen molar-refractivity contribution in [3.63, 3.8) is 0 Å². The molecule has 3 N–H and O–H groups in total. The highest BCUT2D eigenvalue weighted by atomic mass is 16.1. The zero-order valence-corrected chi connectivity index (χ0v) is 14.1. The van der Waals surface area contributed by atoms with Crippen molar-refractivity contribution < 1.29 is 4.79 Å². The Kier molecular flexibility index (Phi) is 4.52. The minimum absolute atomic E-state index is 0.0327. The number of H-pyrrole nitrogens is 1. The summed E-state index contributed by atoms with van der Waals surface area (Å²) in [5.74, 6) is 0.0327. The van der Waals surface area contributed by atoms with Gasteiger partial charge in [-0.1, -0.05) is 12.8 Å². The first-order valence-electron chi connectivity index (χ1n) is 9.28. The maximum atomic E-state index is 12.5. The highest BCUT2D eigenvalue weighted by molar-refractivity contribution is 5.98. The van der Waals surface area contributed by atoms with Crippen LogP contribution in [0.5, 0.6) is 0 Å². The maximum Gasteiger partial charge on any atom is 0.251 e. The van der Waals surface area contributed by atoms with Gasteiger partial charge < -0.3 is 10.6 Å². The second kappa shape index (κ2) is 6.93. The van der Waals surface area contributed by atoms with Gasteiger partial charge in [-0.15, -0.1) is 0 Å². The van der Waals surface area contributed by atoms with Gasteiger partial charge in [0.2, 0.25) is 0 Å². The zero-order valence-electron chi connectivity index (χ0n) is 14.1. The predicted octanol–water partition coefficient (Wildman–Crippen LogP) is 3.14. The van der Waals surface area contributed by atoms with Crippen LogP contribution in [0.3, 0.4) is 0 Å². The van der Waals surface area contributed by atoms with E-state index in [2.05, 4.69) is 20.8 Å². The Morgan fingerprint density at radius 2 is 1.71 bits per heavy atom. The molecule has 0 bridgehead atoms. The molecule has 1 aromatic heterocycles. The highest BCUT2D eigenvalue weighted by Crippen LogP contribution is 2.24. The van der Waals surface area contributed by atoms with Gasteiger partial charge in [0.25, 0.3) is 5.91 Å². The number of hydrogen-bond acceptors (Lipinski definition) is 3. The molecule has 128 valence electrons. The first-order valence-corrected chi connectivity index (χ1v) is 9.28. The number of nitrogens with one attached hydrogen (secondary N) is 3. The lowest BCUT2D eigenvalue weighted by atomic mass is 9.90. The average Bonchev–Trinajstić information content (AvgIpc) is 3.27. The Morgan fingerprint density at radius 3 is 2.50 bits per heavy atom. The lowest BCUT2D eigenvalue weighted by Crippen LogP contribution is -2.44. The topological polar surface area (TPSA) is 69.8 Å². The van der Waals surface area contributed by atoms with Crippen LogP contribution in [0.1, 0.15) is 61.7 Å². The summed E-state index contributed by atoms with van der Waals surface area (Å²) < 4.78 is 0. The molecule has 0 aliphatic heterocycles. The van der Waals surface area contributed by atoms with E-state index >= 15 is 0 Å². The molecule has 1 aromatic carbocycles. The van der Waals surface area contributed by atoms with E-state index in [1.54, 1.807) is 6.20 Å². The van der Waals surface area contributed by atoms with Gasteiger partial charge in [-0.25, -0.2) is 0 Å². The molecule has 0 atom stereocenters. The van der Waals surface area contributed by atoms with Gasteiger partial charge in [0, 0.05) is 29.1 Å². The van der Waals surface area contributed by atoms with Gasteiger partial charge in [0.15, 0.2) is 0 Å². The van der Waals surface area contributed by atoms with Crippen molar-refractivity contribution in [3.05, 3.63) is 30.0 Å². The van der Waals surface area contributed by atoms with Crippen molar-refractivity contribution in [3.8, 4) is 0 Å². The molecule has 0 saturated heterocycles. The van der Waals surface area contributed by atoms with Crippen LogP contribution in [0.25, 0.3) is 10.9 Å². The van der Waals surface area contributed by atoms with Crippen LogP contribution in [-0.4, -0.2) is 34.2 Å². The molecule has 0 unspecified atom stereocenters. The lowest BCUT2D eigenvalue weighted by Gasteiger charge is -2.31. The van der Waals surface area contributed by atoms with Crippen molar-refractivity contribution in [1.29, 1.82) is 0 Å². The van der Waals surface area contributed by atoms with Gasteiger partial charge in [-0.3, -0.25) is 9.89 Å². The smallest absolute Gasteiger partial charge is 0.251 e. The van der Waals surface area contributed by atoms with E-state index in [4.69, 9.17) is 0 Å². The van der Waals surface area contributed by atoms with Gasteiger partial charge in [0.1, 0.15) is 0 Å². The van der Waals surface area contributed by atoms with Crippen molar-refractivity contribution in [2.75, 3.05) is 0 Å². The molecule has 1 amide bonds. The minimum Gasteiger partial charge on any atom is -0.349 e. The van der Waals surface area contributed by atoms with E-state index in [0.717, 1.165) is 35.3 Å². The first-order chi connectivity index (χ1) is 11.8. The number of benzene rings is 1. The number of rotatable bonds is 4. The van der Waals surface area contributed by atoms with Gasteiger partial charge >= 0.3 is 0 Å². The molecule has 2 aromatic rings. The fourth-order valence-electron chi connectivity index (χ4n) is 4.18. The SMILES string of the molecule is O=C(N[C@H]1CC[C@H](NC2CCCC2)CC1)c1ccc2[nH]ncc2c1. The third-order valence-electron chi connectivity index (χ3n) is 5.59. The molecule has 2 fully saturated rings. The fourth-order valence-corrected chi connectivity index (χ4v) is 4.18. The molecular formula is C19H26N4O. The summed E-state index contributed by atoms with van der Waals surface area (Å²) in [5, 5.41) is 14.9. The summed E-state index contributed by atoms with van der Waals surface area (Å²) in [6, 6.07) is 7.37. The number of carbonyl (C=O) groups excluding carboxylic acids is 1. The summed E-state index contributed by atoms with van der Waals surface area (Å²) in [5.41, 5.74) is 1.68. The predicted molar refractivity (Wildman–Crippen MR) is 95.0 cm³/mol. The largest absolute Gasteiger partial charge is 0.349 e. The number of aromatic nitrogens is 2. The van der Waals surface area contributed by atoms with Gasteiger partial charge in [-0.2, -0.15) is 5.10 Å². The van der Waals surface area contributed by atoms with Crippen LogP contribution in [0.4, 0.5) is 0 Å². The van der Waals surface area contributed by atoms with Crippen LogP contribution in [-0.2, 0) is 0 Å². The lowest BCUT2D eigenvalue weighted by molar-refractivity contribution is 0.0923. The zero-order chi connectivity index (χ0) is 16.4. The van der Waals surface area contributed by atoms with E-state index in [-0.39, 0.29) is 5.91 Å². The molecule has 1 heterocycles. The summed E-state index contributed by atoms with van der Waals surface area (Å²) in [7, 11) is 0. The van der Waals surface area contributed by atoms with Crippen molar-refractivity contribution in [2.45, 2.75) is 69.5 Å². The Morgan fingerprint density at radius 1 is 1.00 bits per heavy atom. The maximum absolute atomic E-state index is 12.5. The minimum atomic E-state index is 0.0327. The standard InChI is InChI=1S/C19H26N4O/c24-19(13-5-10-18-14(11-13)12-20-23-18)22-17-8-6-16(7-9-17)21-15-3-1-2-4-15/h5,10-12,15-17,21H,1-4,6-9H2,(H,20,23)(H,22,24)/t16-,17-. The summed E-state index contributed by atoms with van der Waals surface area (Å²) >= 11 is 0.